The molecule has 0 amide bonds. The number of hydrogen-bond donors (Lipinski definition) is 0. The summed E-state index contributed by atoms with van der Waals surface area (Å²) in [5, 5.41) is 1.56. The summed E-state index contributed by atoms with van der Waals surface area (Å²) in [6.07, 6.45) is 7.90. The van der Waals surface area contributed by atoms with E-state index >= 15 is 0 Å². The molecule has 0 saturated carbocycles. The number of aryl methyl sites for hydroxylation is 2. The van der Waals surface area contributed by atoms with Gasteiger partial charge < -0.3 is 0 Å². The van der Waals surface area contributed by atoms with Crippen molar-refractivity contribution in [3.63, 3.8) is 0 Å². The van der Waals surface area contributed by atoms with Gasteiger partial charge in [0.05, 0.1) is 0 Å². The molecule has 0 aliphatic carbocycles. The molecule has 0 bridgehead atoms. The van der Waals surface area contributed by atoms with Crippen molar-refractivity contribution in [3.8, 4) is 11.8 Å². The molecule has 3 rings (SSSR count). The van der Waals surface area contributed by atoms with Crippen LogP contribution in [0.3, 0.4) is 0 Å². The fourth-order valence-corrected chi connectivity index (χ4v) is 3.20. The molecular formula is C26H25F. The Hall–Kier alpha value is -2.85. The quantitative estimate of drug-likeness (QED) is 0.347. The molecule has 0 aliphatic rings. The van der Waals surface area contributed by atoms with Crippen molar-refractivity contribution >= 4 is 10.8 Å². The van der Waals surface area contributed by atoms with Gasteiger partial charge in [0.1, 0.15) is 5.82 Å². The number of halogens is 1. The molecule has 0 radical (unpaired) electrons. The largest absolute Gasteiger partial charge is 0.206 e. The van der Waals surface area contributed by atoms with Gasteiger partial charge in [-0.2, -0.15) is 0 Å². The molecule has 0 spiro atoms. The van der Waals surface area contributed by atoms with Crippen molar-refractivity contribution in [2.45, 2.75) is 39.5 Å². The van der Waals surface area contributed by atoms with Crippen LogP contribution in [0.4, 0.5) is 4.39 Å². The third-order valence-corrected chi connectivity index (χ3v) is 4.69. The Kier molecular flexibility index (Phi) is 6.44. The standard InChI is InChI=1S/C26H25F/c1-3-5-6-8-23-16-17-24-19-22(15-18-25(24)26(23)27)14-13-21-11-9-20(7-4-2)10-12-21/h3,5,9-12,15-19H,4,6-8H2,1-2H3/b5-3+. The number of allylic oxidation sites excluding steroid dienone is 2. The highest BCUT2D eigenvalue weighted by molar-refractivity contribution is 5.85. The lowest BCUT2D eigenvalue weighted by molar-refractivity contribution is 0.621. The van der Waals surface area contributed by atoms with Gasteiger partial charge >= 0.3 is 0 Å². The first-order valence-electron chi connectivity index (χ1n) is 9.64. The van der Waals surface area contributed by atoms with Gasteiger partial charge in [0.15, 0.2) is 0 Å². The van der Waals surface area contributed by atoms with Crippen LogP contribution in [-0.2, 0) is 12.8 Å². The molecule has 1 heteroatoms. The highest BCUT2D eigenvalue weighted by Crippen LogP contribution is 2.23. The summed E-state index contributed by atoms with van der Waals surface area (Å²) in [5.41, 5.74) is 4.02. The van der Waals surface area contributed by atoms with Gasteiger partial charge in [-0.05, 0) is 67.0 Å². The molecule has 0 atom stereocenters. The van der Waals surface area contributed by atoms with Crippen LogP contribution in [0.25, 0.3) is 10.8 Å². The Morgan fingerprint density at radius 3 is 2.37 bits per heavy atom. The van der Waals surface area contributed by atoms with Gasteiger partial charge in [-0.1, -0.05) is 67.7 Å². The lowest BCUT2D eigenvalue weighted by Gasteiger charge is -2.06. The SMILES string of the molecule is C/C=C/CCc1ccc2cc(C#Cc3ccc(CCC)cc3)ccc2c1F. The van der Waals surface area contributed by atoms with Crippen LogP contribution < -0.4 is 0 Å². The first-order valence-corrected chi connectivity index (χ1v) is 9.64. The van der Waals surface area contributed by atoms with Gasteiger partial charge in [0, 0.05) is 16.5 Å². The summed E-state index contributed by atoms with van der Waals surface area (Å²) in [4.78, 5) is 0. The van der Waals surface area contributed by atoms with E-state index in [1.54, 1.807) is 0 Å². The molecule has 0 aliphatic heterocycles. The summed E-state index contributed by atoms with van der Waals surface area (Å²) in [6, 6.07) is 18.0. The monoisotopic (exact) mass is 356 g/mol. The summed E-state index contributed by atoms with van der Waals surface area (Å²) < 4.78 is 14.7. The van der Waals surface area contributed by atoms with Crippen LogP contribution >= 0.6 is 0 Å². The zero-order valence-corrected chi connectivity index (χ0v) is 16.1. The van der Waals surface area contributed by atoms with E-state index in [4.69, 9.17) is 0 Å². The van der Waals surface area contributed by atoms with Crippen molar-refractivity contribution in [2.24, 2.45) is 0 Å². The minimum atomic E-state index is -0.108. The van der Waals surface area contributed by atoms with Crippen LogP contribution in [0.5, 0.6) is 0 Å². The zero-order chi connectivity index (χ0) is 19.1. The normalized spacial score (nSPS) is 10.9. The van der Waals surface area contributed by atoms with E-state index in [-0.39, 0.29) is 5.82 Å². The number of fused-ring (bicyclic) bond motifs is 1. The minimum Gasteiger partial charge on any atom is -0.206 e. The average Bonchev–Trinajstić information content (AvgIpc) is 2.69. The molecular weight excluding hydrogens is 331 g/mol. The maximum Gasteiger partial charge on any atom is 0.134 e. The van der Waals surface area contributed by atoms with Crippen molar-refractivity contribution in [2.75, 3.05) is 0 Å². The molecule has 0 fully saturated rings. The maximum absolute atomic E-state index is 14.7. The summed E-state index contributed by atoms with van der Waals surface area (Å²) in [6.45, 7) is 4.17. The van der Waals surface area contributed by atoms with Crippen molar-refractivity contribution < 1.29 is 4.39 Å². The van der Waals surface area contributed by atoms with Gasteiger partial charge in [-0.15, -0.1) is 0 Å². The fourth-order valence-electron chi connectivity index (χ4n) is 3.20. The highest BCUT2D eigenvalue weighted by Gasteiger charge is 2.07. The summed E-state index contributed by atoms with van der Waals surface area (Å²) in [5.74, 6) is 6.29. The molecule has 27 heavy (non-hydrogen) atoms. The van der Waals surface area contributed by atoms with Gasteiger partial charge in [0.25, 0.3) is 0 Å². The van der Waals surface area contributed by atoms with Gasteiger partial charge in [-0.3, -0.25) is 0 Å². The predicted molar refractivity (Wildman–Crippen MR) is 113 cm³/mol. The zero-order valence-electron chi connectivity index (χ0n) is 16.1. The minimum absolute atomic E-state index is 0.108. The molecule has 0 unspecified atom stereocenters. The van der Waals surface area contributed by atoms with E-state index in [2.05, 4.69) is 49.1 Å². The van der Waals surface area contributed by atoms with E-state index in [0.29, 0.717) is 5.39 Å². The third-order valence-electron chi connectivity index (χ3n) is 4.69. The Bertz CT molecular complexity index is 998. The van der Waals surface area contributed by atoms with E-state index in [1.165, 1.54) is 5.56 Å². The van der Waals surface area contributed by atoms with Gasteiger partial charge in [0.2, 0.25) is 0 Å². The second-order valence-corrected chi connectivity index (χ2v) is 6.78. The smallest absolute Gasteiger partial charge is 0.134 e. The van der Waals surface area contributed by atoms with Crippen molar-refractivity contribution in [1.29, 1.82) is 0 Å². The van der Waals surface area contributed by atoms with E-state index in [0.717, 1.165) is 47.8 Å². The lowest BCUT2D eigenvalue weighted by Crippen LogP contribution is -1.92. The molecule has 0 aromatic heterocycles. The molecule has 0 heterocycles. The Morgan fingerprint density at radius 2 is 1.63 bits per heavy atom. The van der Waals surface area contributed by atoms with Crippen LogP contribution in [0.1, 0.15) is 48.9 Å². The van der Waals surface area contributed by atoms with Crippen LogP contribution in [0, 0.1) is 17.7 Å². The Balaban J connectivity index is 1.82. The van der Waals surface area contributed by atoms with Crippen LogP contribution in [0.2, 0.25) is 0 Å². The molecule has 0 nitrogen and oxygen atoms in total. The first-order chi connectivity index (χ1) is 13.2. The predicted octanol–water partition coefficient (Wildman–Crippen LogP) is 6.84. The molecule has 0 N–H and O–H groups in total. The molecule has 0 saturated heterocycles. The molecule has 136 valence electrons. The summed E-state index contributed by atoms with van der Waals surface area (Å²) >= 11 is 0. The second kappa shape index (κ2) is 9.19. The first kappa shape index (κ1) is 18.9. The topological polar surface area (TPSA) is 0 Å². The number of benzene rings is 3. The van der Waals surface area contributed by atoms with E-state index < -0.39 is 0 Å². The van der Waals surface area contributed by atoms with Gasteiger partial charge in [-0.25, -0.2) is 4.39 Å². The average molecular weight is 356 g/mol. The van der Waals surface area contributed by atoms with Crippen molar-refractivity contribution in [1.82, 2.24) is 0 Å². The highest BCUT2D eigenvalue weighted by atomic mass is 19.1. The molecule has 3 aromatic carbocycles. The maximum atomic E-state index is 14.7. The van der Waals surface area contributed by atoms with E-state index in [9.17, 15) is 4.39 Å². The fraction of sp³-hybridized carbons (Fsp3) is 0.231. The Morgan fingerprint density at radius 1 is 0.889 bits per heavy atom. The molecule has 3 aromatic rings. The van der Waals surface area contributed by atoms with E-state index in [1.807, 2.05) is 43.3 Å². The number of rotatable bonds is 5. The summed E-state index contributed by atoms with van der Waals surface area (Å²) in [7, 11) is 0. The number of hydrogen-bond acceptors (Lipinski definition) is 0. The van der Waals surface area contributed by atoms with Crippen LogP contribution in [-0.4, -0.2) is 0 Å². The van der Waals surface area contributed by atoms with Crippen molar-refractivity contribution in [3.05, 3.63) is 94.8 Å². The van der Waals surface area contributed by atoms with Crippen LogP contribution in [0.15, 0.2) is 66.7 Å². The lowest BCUT2D eigenvalue weighted by atomic mass is 10.0. The second-order valence-electron chi connectivity index (χ2n) is 6.78. The third kappa shape index (κ3) is 4.86. The Labute approximate surface area is 161 Å².